The zero-order valence-electron chi connectivity index (χ0n) is 37.3. The van der Waals surface area contributed by atoms with Crippen molar-refractivity contribution in [2.75, 3.05) is 27.9 Å². The van der Waals surface area contributed by atoms with Crippen molar-refractivity contribution in [3.8, 4) is 57.3 Å². The fourth-order valence-corrected chi connectivity index (χ4v) is 7.75. The number of benzene rings is 3. The highest BCUT2D eigenvalue weighted by molar-refractivity contribution is 5.89. The van der Waals surface area contributed by atoms with Crippen LogP contribution in [-0.4, -0.2) is 182 Å². The average molecular weight is 977 g/mol. The molecule has 0 aliphatic carbocycles. The molecule has 0 amide bonds. The maximum Gasteiger partial charge on any atom is 0.330 e. The van der Waals surface area contributed by atoms with Gasteiger partial charge in [-0.25, -0.2) is 4.79 Å². The molecule has 376 valence electrons. The number of methoxy groups -OCH3 is 3. The first-order valence-corrected chi connectivity index (χ1v) is 21.2. The van der Waals surface area contributed by atoms with Gasteiger partial charge in [-0.1, -0.05) is 0 Å². The molecule has 24 nitrogen and oxygen atoms in total. The van der Waals surface area contributed by atoms with Crippen LogP contribution in [0.2, 0.25) is 0 Å². The zero-order valence-corrected chi connectivity index (χ0v) is 37.3. The Balaban J connectivity index is 1.26. The van der Waals surface area contributed by atoms with Crippen molar-refractivity contribution in [3.05, 3.63) is 64.3 Å². The van der Waals surface area contributed by atoms with Crippen molar-refractivity contribution in [2.24, 2.45) is 0 Å². The summed E-state index contributed by atoms with van der Waals surface area (Å²) < 4.78 is 62.0. The number of carbonyl (C=O) groups excluding carboxylic acids is 1. The van der Waals surface area contributed by atoms with Gasteiger partial charge in [-0.3, -0.25) is 4.79 Å². The normalized spacial score (nSPS) is 31.6. The fourth-order valence-electron chi connectivity index (χ4n) is 7.75. The van der Waals surface area contributed by atoms with Crippen molar-refractivity contribution < 1.29 is 113 Å². The van der Waals surface area contributed by atoms with E-state index in [1.165, 1.54) is 71.6 Å². The third-order valence-corrected chi connectivity index (χ3v) is 11.7. The molecular formula is C45H52O24. The van der Waals surface area contributed by atoms with Crippen molar-refractivity contribution in [1.29, 1.82) is 0 Å². The lowest BCUT2D eigenvalue weighted by atomic mass is 9.97. The lowest BCUT2D eigenvalue weighted by Crippen LogP contribution is -2.64. The number of aromatic hydroxyl groups is 3. The Kier molecular flexibility index (Phi) is 15.4. The van der Waals surface area contributed by atoms with E-state index in [0.29, 0.717) is 5.56 Å². The summed E-state index contributed by atoms with van der Waals surface area (Å²) in [6.07, 6.45) is -23.3. The molecule has 0 bridgehead atoms. The summed E-state index contributed by atoms with van der Waals surface area (Å²) in [6, 6.07) is 8.57. The van der Waals surface area contributed by atoms with Crippen molar-refractivity contribution in [3.63, 3.8) is 0 Å². The summed E-state index contributed by atoms with van der Waals surface area (Å²) in [5.41, 5.74) is -1.18. The molecule has 3 fully saturated rings. The van der Waals surface area contributed by atoms with Gasteiger partial charge < -0.3 is 108 Å². The standard InChI is InChI=1S/C45H52O24/c1-16-30(49)35(54)38(57)43(63-16)65-20-13-22(47)29-24(14-20)66-40(19-7-8-21(46)23(12-19)59-3)41(34(29)53)68-45-42(69-44-39(58)36(55)31(50)17(2)64-44)37(56)33(52)27(67-45)15-62-28(48)9-6-18-10-25(60-4)32(51)26(11-18)61-5/h6-14,16-17,27,30-31,33,35-39,42-47,49-52,54-58H,15H2,1-5H3/b9-6+/t16?,17?,27?,30-,31-,33+,35?,36?,37?,38?,39-,42?,43-,44-,45-/m0/s1. The smallest absolute Gasteiger partial charge is 0.330 e. The summed E-state index contributed by atoms with van der Waals surface area (Å²) in [5, 5.41) is 117. The van der Waals surface area contributed by atoms with E-state index < -0.39 is 133 Å². The van der Waals surface area contributed by atoms with Gasteiger partial charge in [-0.15, -0.1) is 0 Å². The number of esters is 1. The Morgan fingerprint density at radius 2 is 1.26 bits per heavy atom. The molecule has 0 saturated carbocycles. The molecule has 24 heteroatoms. The van der Waals surface area contributed by atoms with Gasteiger partial charge in [0.05, 0.1) is 33.5 Å². The highest BCUT2D eigenvalue weighted by atomic mass is 16.8. The Bertz CT molecular complexity index is 2540. The summed E-state index contributed by atoms with van der Waals surface area (Å²) >= 11 is 0. The number of ether oxygens (including phenoxy) is 10. The molecule has 15 atom stereocenters. The minimum Gasteiger partial charge on any atom is -0.507 e. The van der Waals surface area contributed by atoms with E-state index in [1.807, 2.05) is 0 Å². The lowest BCUT2D eigenvalue weighted by molar-refractivity contribution is -0.354. The van der Waals surface area contributed by atoms with E-state index in [1.54, 1.807) is 0 Å². The summed E-state index contributed by atoms with van der Waals surface area (Å²) in [5.74, 6) is -3.93. The molecule has 8 unspecified atom stereocenters. The van der Waals surface area contributed by atoms with Crippen molar-refractivity contribution in [1.82, 2.24) is 0 Å². The summed E-state index contributed by atoms with van der Waals surface area (Å²) in [4.78, 5) is 27.7. The number of fused-ring (bicyclic) bond motifs is 1. The average Bonchev–Trinajstić information content (AvgIpc) is 3.32. The summed E-state index contributed by atoms with van der Waals surface area (Å²) in [6.45, 7) is 1.98. The molecule has 0 spiro atoms. The minimum absolute atomic E-state index is 0.0200. The van der Waals surface area contributed by atoms with Gasteiger partial charge in [0.15, 0.2) is 41.2 Å². The maximum atomic E-state index is 14.7. The van der Waals surface area contributed by atoms with Crippen LogP contribution in [0.4, 0.5) is 0 Å². The molecule has 0 radical (unpaired) electrons. The van der Waals surface area contributed by atoms with Crippen LogP contribution in [0.25, 0.3) is 28.4 Å². The van der Waals surface area contributed by atoms with Crippen LogP contribution in [0.1, 0.15) is 19.4 Å². The number of phenolic OH excluding ortho intramolecular Hbond substituents is 3. The van der Waals surface area contributed by atoms with Crippen LogP contribution >= 0.6 is 0 Å². The Morgan fingerprint density at radius 1 is 0.652 bits per heavy atom. The molecule has 69 heavy (non-hydrogen) atoms. The van der Waals surface area contributed by atoms with Gasteiger partial charge in [0.1, 0.15) is 84.0 Å². The molecule has 11 N–H and O–H groups in total. The number of hydrogen-bond acceptors (Lipinski definition) is 24. The van der Waals surface area contributed by atoms with Gasteiger partial charge in [0, 0.05) is 23.8 Å². The first kappa shape index (κ1) is 50.9. The van der Waals surface area contributed by atoms with E-state index in [0.717, 1.165) is 18.2 Å². The second-order valence-corrected chi connectivity index (χ2v) is 16.3. The second-order valence-electron chi connectivity index (χ2n) is 16.3. The molecular weight excluding hydrogens is 924 g/mol. The van der Waals surface area contributed by atoms with Gasteiger partial charge in [-0.2, -0.15) is 0 Å². The SMILES string of the molecule is COc1cc(-c2oc3cc(O[C@@H]4OC(C)[C@H](O)C(O)C4O)cc(O)c3c(=O)c2O[C@@H]2OC(COC(=O)/C=C/c3cc(OC)c(O)c(OC)c3)[C@@H](O)C(O)C2O[C@@H]2OC(C)[C@H](O)C(O)[C@@H]2O)ccc1O. The monoisotopic (exact) mass is 976 g/mol. The Hall–Kier alpha value is -6.00. The molecule has 4 heterocycles. The van der Waals surface area contributed by atoms with Gasteiger partial charge >= 0.3 is 5.97 Å². The van der Waals surface area contributed by atoms with Crippen molar-refractivity contribution >= 4 is 23.0 Å². The van der Waals surface area contributed by atoms with E-state index >= 15 is 0 Å². The number of aliphatic hydroxyl groups excluding tert-OH is 8. The molecule has 3 aromatic carbocycles. The second kappa shape index (κ2) is 20.9. The first-order valence-electron chi connectivity index (χ1n) is 21.2. The van der Waals surface area contributed by atoms with Crippen LogP contribution < -0.4 is 29.1 Å². The number of carbonyl (C=O) groups is 1. The number of phenols is 3. The highest BCUT2D eigenvalue weighted by Gasteiger charge is 2.52. The number of hydrogen-bond donors (Lipinski definition) is 11. The van der Waals surface area contributed by atoms with Gasteiger partial charge in [-0.05, 0) is 55.8 Å². The molecule has 1 aromatic heterocycles. The Labute approximate surface area is 390 Å². The number of aliphatic hydroxyl groups is 8. The third-order valence-electron chi connectivity index (χ3n) is 11.7. The van der Waals surface area contributed by atoms with Crippen LogP contribution in [-0.2, 0) is 28.5 Å². The lowest BCUT2D eigenvalue weighted by Gasteiger charge is -2.45. The zero-order chi connectivity index (χ0) is 50.2. The molecule has 3 saturated heterocycles. The van der Waals surface area contributed by atoms with Gasteiger partial charge in [0.2, 0.25) is 29.5 Å². The number of rotatable bonds is 14. The third kappa shape index (κ3) is 10.3. The van der Waals surface area contributed by atoms with Gasteiger partial charge in [0.25, 0.3) is 0 Å². The van der Waals surface area contributed by atoms with E-state index in [4.69, 9.17) is 51.8 Å². The first-order chi connectivity index (χ1) is 32.8. The maximum absolute atomic E-state index is 14.7. The van der Waals surface area contributed by atoms with E-state index in [9.17, 15) is 65.8 Å². The molecule has 3 aliphatic rings. The van der Waals surface area contributed by atoms with Crippen LogP contribution in [0.15, 0.2) is 57.8 Å². The molecule has 3 aliphatic heterocycles. The largest absolute Gasteiger partial charge is 0.507 e. The molecule has 7 rings (SSSR count). The van der Waals surface area contributed by atoms with E-state index in [2.05, 4.69) is 0 Å². The summed E-state index contributed by atoms with van der Waals surface area (Å²) in [7, 11) is 3.85. The van der Waals surface area contributed by atoms with Crippen LogP contribution in [0.5, 0.6) is 46.0 Å². The quantitative estimate of drug-likeness (QED) is 0.0539. The predicted molar refractivity (Wildman–Crippen MR) is 231 cm³/mol. The van der Waals surface area contributed by atoms with Crippen LogP contribution in [0.3, 0.4) is 0 Å². The fraction of sp³-hybridized carbons (Fsp3) is 0.467. The predicted octanol–water partition coefficient (Wildman–Crippen LogP) is -0.896. The Morgan fingerprint density at radius 3 is 1.88 bits per heavy atom. The van der Waals surface area contributed by atoms with Crippen LogP contribution in [0, 0.1) is 0 Å². The topological polar surface area (TPSA) is 362 Å². The molecule has 4 aromatic rings. The highest BCUT2D eigenvalue weighted by Crippen LogP contribution is 2.42. The minimum atomic E-state index is -2.09. The van der Waals surface area contributed by atoms with Crippen molar-refractivity contribution in [2.45, 2.75) is 106 Å². The van der Waals surface area contributed by atoms with E-state index in [-0.39, 0.29) is 45.6 Å².